The van der Waals surface area contributed by atoms with E-state index in [4.69, 9.17) is 10.5 Å². The van der Waals surface area contributed by atoms with Gasteiger partial charge in [-0.1, -0.05) is 0 Å². The lowest BCUT2D eigenvalue weighted by atomic mass is 10.9. The first-order valence-corrected chi connectivity index (χ1v) is 9.70. The van der Waals surface area contributed by atoms with Gasteiger partial charge in [0.1, 0.15) is 13.2 Å². The van der Waals surface area contributed by atoms with Crippen LogP contribution in [0.3, 0.4) is 0 Å². The zero-order valence-electron chi connectivity index (χ0n) is 13.4. The summed E-state index contributed by atoms with van der Waals surface area (Å²) in [6.07, 6.45) is 0. The standard InChI is InChI=1S/C11H28N6P2/c1-14(2)18(15(3)4)9-11(12)13-19(10-18,16(5)6)17(7)8/h9-10H,12H2,1-8H3. The molecule has 6 nitrogen and oxygen atoms in total. The molecule has 1 aliphatic heterocycles. The van der Waals surface area contributed by atoms with E-state index in [2.05, 4.69) is 86.4 Å². The third-order valence-corrected chi connectivity index (χ3v) is 12.1. The first kappa shape index (κ1) is 17.0. The van der Waals surface area contributed by atoms with Crippen molar-refractivity contribution < 1.29 is 0 Å². The van der Waals surface area contributed by atoms with Crippen LogP contribution in [0.4, 0.5) is 0 Å². The zero-order valence-corrected chi connectivity index (χ0v) is 15.2. The second kappa shape index (κ2) is 5.72. The van der Waals surface area contributed by atoms with Crippen LogP contribution in [-0.4, -0.2) is 80.6 Å². The monoisotopic (exact) mass is 306 g/mol. The van der Waals surface area contributed by atoms with Crippen molar-refractivity contribution in [1.29, 1.82) is 0 Å². The average molecular weight is 306 g/mol. The van der Waals surface area contributed by atoms with Crippen LogP contribution in [0, 0.1) is 0 Å². The van der Waals surface area contributed by atoms with Gasteiger partial charge >= 0.3 is 0 Å². The van der Waals surface area contributed by atoms with E-state index in [1.54, 1.807) is 0 Å². The van der Waals surface area contributed by atoms with E-state index in [1.807, 2.05) is 0 Å². The fourth-order valence-electron chi connectivity index (χ4n) is 2.22. The average Bonchev–Trinajstić information content (AvgIpc) is 2.26. The summed E-state index contributed by atoms with van der Waals surface area (Å²) < 4.78 is 13.7. The highest BCUT2D eigenvalue weighted by Crippen LogP contribution is 2.66. The molecule has 0 aromatic rings. The molecule has 112 valence electrons. The van der Waals surface area contributed by atoms with Gasteiger partial charge in [0.05, 0.1) is 0 Å². The summed E-state index contributed by atoms with van der Waals surface area (Å²) in [5.41, 5.74) is 8.59. The van der Waals surface area contributed by atoms with Crippen molar-refractivity contribution in [3.8, 4) is 0 Å². The maximum atomic E-state index is 6.16. The Hall–Kier alpha value is -0.0900. The van der Waals surface area contributed by atoms with Crippen LogP contribution in [0.5, 0.6) is 0 Å². The Bertz CT molecular complexity index is 432. The molecule has 0 saturated heterocycles. The van der Waals surface area contributed by atoms with Crippen LogP contribution < -0.4 is 5.73 Å². The van der Waals surface area contributed by atoms with Crippen molar-refractivity contribution in [1.82, 2.24) is 18.7 Å². The van der Waals surface area contributed by atoms with Crippen LogP contribution in [0.15, 0.2) is 16.4 Å². The molecule has 19 heavy (non-hydrogen) atoms. The molecule has 0 saturated carbocycles. The van der Waals surface area contributed by atoms with Gasteiger partial charge in [0.25, 0.3) is 0 Å². The lowest BCUT2D eigenvalue weighted by molar-refractivity contribution is 0.568. The van der Waals surface area contributed by atoms with Crippen LogP contribution in [-0.2, 0) is 0 Å². The first-order valence-electron chi connectivity index (χ1n) is 6.15. The Morgan fingerprint density at radius 3 is 1.58 bits per heavy atom. The predicted molar refractivity (Wildman–Crippen MR) is 89.4 cm³/mol. The van der Waals surface area contributed by atoms with Gasteiger partial charge in [0.2, 0.25) is 0 Å². The minimum atomic E-state index is -1.88. The van der Waals surface area contributed by atoms with Crippen molar-refractivity contribution in [2.24, 2.45) is 10.5 Å². The van der Waals surface area contributed by atoms with Crippen molar-refractivity contribution in [2.45, 2.75) is 0 Å². The summed E-state index contributed by atoms with van der Waals surface area (Å²) in [5, 5.41) is 0. The van der Waals surface area contributed by atoms with E-state index in [0.717, 1.165) is 0 Å². The summed E-state index contributed by atoms with van der Waals surface area (Å²) >= 11 is 0. The predicted octanol–water partition coefficient (Wildman–Crippen LogP) is 1.64. The van der Waals surface area contributed by atoms with Gasteiger partial charge < -0.3 is 5.73 Å². The fraction of sp³-hybridized carbons (Fsp3) is 0.727. The molecule has 0 atom stereocenters. The number of hydrogen-bond acceptors (Lipinski definition) is 6. The summed E-state index contributed by atoms with van der Waals surface area (Å²) in [7, 11) is 13.2. The van der Waals surface area contributed by atoms with Crippen molar-refractivity contribution >= 4 is 20.1 Å². The second-order valence-electron chi connectivity index (χ2n) is 5.47. The molecule has 1 heterocycles. The van der Waals surface area contributed by atoms with Crippen LogP contribution in [0.1, 0.15) is 0 Å². The first-order chi connectivity index (χ1) is 8.58. The highest BCUT2D eigenvalue weighted by molar-refractivity contribution is 7.94. The van der Waals surface area contributed by atoms with Gasteiger partial charge in [-0.15, -0.1) is 0 Å². The van der Waals surface area contributed by atoms with E-state index in [1.165, 1.54) is 0 Å². The number of nitrogens with zero attached hydrogens (tertiary/aromatic N) is 5. The molecule has 0 bridgehead atoms. The SMILES string of the molecule is CN(C)P1(N(C)C)=CP(N(C)C)(N(C)C)=NC(N)=C1. The molecule has 0 unspecified atom stereocenters. The zero-order chi connectivity index (χ0) is 15.0. The molecule has 0 fully saturated rings. The van der Waals surface area contributed by atoms with Gasteiger partial charge in [-0.05, 0) is 56.4 Å². The molecule has 0 aromatic carbocycles. The number of rotatable bonds is 4. The van der Waals surface area contributed by atoms with E-state index in [-0.39, 0.29) is 0 Å². The quantitative estimate of drug-likeness (QED) is 0.800. The largest absolute Gasteiger partial charge is 0.384 e. The molecule has 0 amide bonds. The Labute approximate surface area is 118 Å². The summed E-state index contributed by atoms with van der Waals surface area (Å²) in [6, 6.07) is 0. The number of nitrogens with two attached hydrogens (primary N) is 1. The highest BCUT2D eigenvalue weighted by atomic mass is 31.2. The van der Waals surface area contributed by atoms with E-state index >= 15 is 0 Å². The fourth-order valence-corrected chi connectivity index (χ4v) is 11.0. The topological polar surface area (TPSA) is 51.3 Å². The van der Waals surface area contributed by atoms with Crippen LogP contribution in [0.2, 0.25) is 0 Å². The minimum Gasteiger partial charge on any atom is -0.384 e. The van der Waals surface area contributed by atoms with E-state index in [9.17, 15) is 0 Å². The number of hydrogen-bond donors (Lipinski definition) is 1. The molecular formula is C11H28N6P2. The molecule has 0 aliphatic carbocycles. The van der Waals surface area contributed by atoms with Crippen molar-refractivity contribution in [2.75, 3.05) is 56.4 Å². The van der Waals surface area contributed by atoms with Crippen LogP contribution >= 0.6 is 14.5 Å². The molecule has 1 rings (SSSR count). The molecule has 8 heteroatoms. The maximum Gasteiger partial charge on any atom is 0.129 e. The minimum absolute atomic E-state index is 0.647. The van der Waals surface area contributed by atoms with Gasteiger partial charge in [-0.25, -0.2) is 4.74 Å². The Balaban J connectivity index is 3.71. The Morgan fingerprint density at radius 2 is 1.26 bits per heavy atom. The smallest absolute Gasteiger partial charge is 0.129 e. The normalized spacial score (nSPS) is 21.6. The van der Waals surface area contributed by atoms with Crippen LogP contribution in [0.25, 0.3) is 0 Å². The van der Waals surface area contributed by atoms with Gasteiger partial charge in [0.15, 0.2) is 0 Å². The molecule has 2 N–H and O–H groups in total. The van der Waals surface area contributed by atoms with E-state index in [0.29, 0.717) is 5.82 Å². The van der Waals surface area contributed by atoms with Gasteiger partial charge in [-0.3, -0.25) is 18.7 Å². The molecular weight excluding hydrogens is 278 g/mol. The van der Waals surface area contributed by atoms with E-state index < -0.39 is 14.5 Å². The van der Waals surface area contributed by atoms with Crippen molar-refractivity contribution in [3.63, 3.8) is 0 Å². The highest BCUT2D eigenvalue weighted by Gasteiger charge is 2.34. The molecule has 0 spiro atoms. The molecule has 0 aromatic heterocycles. The summed E-state index contributed by atoms with van der Waals surface area (Å²) in [5.74, 6) is 2.77. The Morgan fingerprint density at radius 1 is 0.842 bits per heavy atom. The second-order valence-corrected chi connectivity index (χ2v) is 12.7. The van der Waals surface area contributed by atoms with Crippen molar-refractivity contribution in [3.05, 3.63) is 11.6 Å². The van der Waals surface area contributed by atoms with Gasteiger partial charge in [0, 0.05) is 18.5 Å². The third kappa shape index (κ3) is 2.85. The third-order valence-electron chi connectivity index (χ3n) is 3.37. The molecule has 0 radical (unpaired) electrons. The molecule has 1 aliphatic rings. The maximum absolute atomic E-state index is 6.16. The Kier molecular flexibility index (Phi) is 5.11. The summed E-state index contributed by atoms with van der Waals surface area (Å²) in [6.45, 7) is 0. The van der Waals surface area contributed by atoms with Gasteiger partial charge in [-0.2, -0.15) is 0 Å². The summed E-state index contributed by atoms with van der Waals surface area (Å²) in [4.78, 5) is 0. The lowest BCUT2D eigenvalue weighted by Crippen LogP contribution is -2.29. The lowest BCUT2D eigenvalue weighted by Gasteiger charge is -2.44.